The zero-order valence-electron chi connectivity index (χ0n) is 17.6. The van der Waals surface area contributed by atoms with Crippen molar-refractivity contribution in [3.05, 3.63) is 106 Å². The first-order valence-electron chi connectivity index (χ1n) is 10.5. The van der Waals surface area contributed by atoms with Crippen LogP contribution < -0.4 is 4.74 Å². The first-order chi connectivity index (χ1) is 16.1. The Kier molecular flexibility index (Phi) is 6.28. The number of nitrogens with zero attached hydrogens (tertiary/aromatic N) is 2. The second-order valence-electron chi connectivity index (χ2n) is 7.67. The van der Waals surface area contributed by atoms with Gasteiger partial charge < -0.3 is 18.8 Å². The van der Waals surface area contributed by atoms with Gasteiger partial charge in [-0.1, -0.05) is 41.9 Å². The number of carbonyl (C=O) groups excluding carboxylic acids is 1. The largest absolute Gasteiger partial charge is 0.491 e. The average Bonchev–Trinajstić information content (AvgIpc) is 3.61. The number of aromatic nitrogens is 2. The minimum Gasteiger partial charge on any atom is -0.491 e. The molecule has 168 valence electrons. The van der Waals surface area contributed by atoms with E-state index in [0.717, 1.165) is 4.88 Å². The minimum atomic E-state index is -0.946. The highest BCUT2D eigenvalue weighted by Crippen LogP contribution is 2.41. The summed E-state index contributed by atoms with van der Waals surface area (Å²) in [4.78, 5) is 17.6. The van der Waals surface area contributed by atoms with E-state index in [9.17, 15) is 4.79 Å². The number of benzene rings is 2. The van der Waals surface area contributed by atoms with Gasteiger partial charge in [-0.05, 0) is 36.4 Å². The molecular weight excluding hydrogens is 460 g/mol. The smallest absolute Gasteiger partial charge is 0.223 e. The number of ketones is 1. The maximum absolute atomic E-state index is 12.6. The number of hydrogen-bond donors (Lipinski definition) is 0. The van der Waals surface area contributed by atoms with E-state index in [1.807, 2.05) is 41.1 Å². The fourth-order valence-corrected chi connectivity index (χ4v) is 4.85. The molecule has 1 aliphatic heterocycles. The molecule has 33 heavy (non-hydrogen) atoms. The molecule has 0 amide bonds. The summed E-state index contributed by atoms with van der Waals surface area (Å²) in [7, 11) is 0. The quantitative estimate of drug-likeness (QED) is 0.325. The second kappa shape index (κ2) is 9.49. The molecule has 0 N–H and O–H groups in total. The van der Waals surface area contributed by atoms with Crippen LogP contribution in [-0.4, -0.2) is 34.7 Å². The summed E-state index contributed by atoms with van der Waals surface area (Å²) >= 11 is 7.61. The van der Waals surface area contributed by atoms with E-state index in [4.69, 9.17) is 25.8 Å². The van der Waals surface area contributed by atoms with E-state index < -0.39 is 5.79 Å². The fourth-order valence-electron chi connectivity index (χ4n) is 3.72. The molecule has 0 bridgehead atoms. The molecule has 5 rings (SSSR count). The highest BCUT2D eigenvalue weighted by Gasteiger charge is 2.45. The SMILES string of the molecule is O=C(c1ccccc1)c1ccc(OC[C@@H]2CO[C@@](Cn3ccnc3)(c3ccc(Cl)s3)O2)cc1. The molecule has 4 aromatic rings. The third kappa shape index (κ3) is 4.86. The Morgan fingerprint density at radius 1 is 1.12 bits per heavy atom. The summed E-state index contributed by atoms with van der Waals surface area (Å²) in [6.07, 6.45) is 5.05. The first-order valence-corrected chi connectivity index (χ1v) is 11.7. The van der Waals surface area contributed by atoms with Crippen molar-refractivity contribution in [3.63, 3.8) is 0 Å². The molecule has 1 saturated heterocycles. The molecular formula is C25H21ClN2O4S. The molecule has 1 aliphatic rings. The van der Waals surface area contributed by atoms with Crippen molar-refractivity contribution >= 4 is 28.7 Å². The molecule has 6 nitrogen and oxygen atoms in total. The summed E-state index contributed by atoms with van der Waals surface area (Å²) in [5.41, 5.74) is 1.27. The summed E-state index contributed by atoms with van der Waals surface area (Å²) in [6.45, 7) is 1.15. The lowest BCUT2D eigenvalue weighted by atomic mass is 10.0. The molecule has 2 atom stereocenters. The molecule has 2 aromatic heterocycles. The van der Waals surface area contributed by atoms with Gasteiger partial charge in [0.15, 0.2) is 5.78 Å². The lowest BCUT2D eigenvalue weighted by Gasteiger charge is -2.27. The molecule has 0 spiro atoms. The van der Waals surface area contributed by atoms with Crippen LogP contribution in [-0.2, 0) is 21.8 Å². The highest BCUT2D eigenvalue weighted by atomic mass is 35.5. The maximum Gasteiger partial charge on any atom is 0.223 e. The van der Waals surface area contributed by atoms with Gasteiger partial charge in [0, 0.05) is 23.5 Å². The van der Waals surface area contributed by atoms with Crippen molar-refractivity contribution in [2.24, 2.45) is 0 Å². The molecule has 3 heterocycles. The van der Waals surface area contributed by atoms with Crippen molar-refractivity contribution in [2.75, 3.05) is 13.2 Å². The number of imidazole rings is 1. The number of thiophene rings is 1. The van der Waals surface area contributed by atoms with Crippen LogP contribution in [0, 0.1) is 0 Å². The van der Waals surface area contributed by atoms with Crippen molar-refractivity contribution < 1.29 is 19.0 Å². The predicted molar refractivity (Wildman–Crippen MR) is 126 cm³/mol. The van der Waals surface area contributed by atoms with Crippen LogP contribution in [0.25, 0.3) is 0 Å². The van der Waals surface area contributed by atoms with Gasteiger partial charge in [0.1, 0.15) is 18.5 Å². The van der Waals surface area contributed by atoms with E-state index in [0.29, 0.717) is 41.0 Å². The summed E-state index contributed by atoms with van der Waals surface area (Å²) in [5, 5.41) is 0. The molecule has 0 saturated carbocycles. The zero-order chi connectivity index (χ0) is 22.7. The Morgan fingerprint density at radius 3 is 2.61 bits per heavy atom. The Hall–Kier alpha value is -2.97. The zero-order valence-corrected chi connectivity index (χ0v) is 19.2. The number of carbonyl (C=O) groups is 1. The number of halogens is 1. The Balaban J connectivity index is 1.24. The topological polar surface area (TPSA) is 62.6 Å². The van der Waals surface area contributed by atoms with E-state index in [1.165, 1.54) is 11.3 Å². The van der Waals surface area contributed by atoms with E-state index in [-0.39, 0.29) is 11.9 Å². The van der Waals surface area contributed by atoms with Crippen LogP contribution in [0.5, 0.6) is 5.75 Å². The molecule has 0 unspecified atom stereocenters. The normalized spacial score (nSPS) is 20.1. The van der Waals surface area contributed by atoms with Gasteiger partial charge in [0.25, 0.3) is 0 Å². The van der Waals surface area contributed by atoms with Gasteiger partial charge in [-0.15, -0.1) is 11.3 Å². The fraction of sp³-hybridized carbons (Fsp3) is 0.200. The summed E-state index contributed by atoms with van der Waals surface area (Å²) < 4.78 is 21.1. The van der Waals surface area contributed by atoms with E-state index in [1.54, 1.807) is 48.9 Å². The monoisotopic (exact) mass is 480 g/mol. The van der Waals surface area contributed by atoms with Gasteiger partial charge in [0.2, 0.25) is 5.79 Å². The van der Waals surface area contributed by atoms with Crippen molar-refractivity contribution in [3.8, 4) is 5.75 Å². The number of hydrogen-bond acceptors (Lipinski definition) is 6. The highest BCUT2D eigenvalue weighted by molar-refractivity contribution is 7.16. The van der Waals surface area contributed by atoms with Crippen LogP contribution >= 0.6 is 22.9 Å². The minimum absolute atomic E-state index is 0.0198. The molecule has 0 radical (unpaired) electrons. The number of ether oxygens (including phenoxy) is 3. The molecule has 0 aliphatic carbocycles. The lowest BCUT2D eigenvalue weighted by Crippen LogP contribution is -2.33. The standard InChI is InChI=1S/C25H21ClN2O4S/c26-23-11-10-22(33-23)25(16-28-13-12-27-17-28)31-15-21(32-25)14-30-20-8-6-19(7-9-20)24(29)18-4-2-1-3-5-18/h1-13,17,21H,14-16H2/t21-,25-/m1/s1. The van der Waals surface area contributed by atoms with Crippen molar-refractivity contribution in [2.45, 2.75) is 18.4 Å². The summed E-state index contributed by atoms with van der Waals surface area (Å²) in [5.74, 6) is -0.304. The average molecular weight is 481 g/mol. The maximum atomic E-state index is 12.6. The first kappa shape index (κ1) is 21.9. The van der Waals surface area contributed by atoms with E-state index >= 15 is 0 Å². The summed E-state index contributed by atoms with van der Waals surface area (Å²) in [6, 6.07) is 20.1. The third-order valence-corrected chi connectivity index (χ3v) is 6.70. The van der Waals surface area contributed by atoms with Gasteiger partial charge in [0.05, 0.1) is 28.7 Å². The Morgan fingerprint density at radius 2 is 1.91 bits per heavy atom. The van der Waals surface area contributed by atoms with Gasteiger partial charge >= 0.3 is 0 Å². The second-order valence-corrected chi connectivity index (χ2v) is 9.39. The molecule has 8 heteroatoms. The third-order valence-electron chi connectivity index (χ3n) is 5.35. The van der Waals surface area contributed by atoms with Crippen LogP contribution in [0.1, 0.15) is 20.8 Å². The number of rotatable bonds is 8. The van der Waals surface area contributed by atoms with Crippen LogP contribution in [0.2, 0.25) is 4.34 Å². The van der Waals surface area contributed by atoms with Gasteiger partial charge in [-0.3, -0.25) is 4.79 Å². The predicted octanol–water partition coefficient (Wildman–Crippen LogP) is 5.18. The van der Waals surface area contributed by atoms with E-state index in [2.05, 4.69) is 4.98 Å². The molecule has 1 fully saturated rings. The van der Waals surface area contributed by atoms with Crippen LogP contribution in [0.3, 0.4) is 0 Å². The van der Waals surface area contributed by atoms with Gasteiger partial charge in [-0.2, -0.15) is 0 Å². The molecule has 2 aromatic carbocycles. The van der Waals surface area contributed by atoms with Crippen LogP contribution in [0.15, 0.2) is 85.5 Å². The van der Waals surface area contributed by atoms with Crippen LogP contribution in [0.4, 0.5) is 0 Å². The van der Waals surface area contributed by atoms with Crippen molar-refractivity contribution in [1.29, 1.82) is 0 Å². The van der Waals surface area contributed by atoms with Crippen molar-refractivity contribution in [1.82, 2.24) is 9.55 Å². The Labute approximate surface area is 200 Å². The Bertz CT molecular complexity index is 1210. The lowest BCUT2D eigenvalue weighted by molar-refractivity contribution is -0.186. The van der Waals surface area contributed by atoms with Gasteiger partial charge in [-0.25, -0.2) is 4.98 Å².